The molecule has 0 saturated heterocycles. The normalized spacial score (nSPS) is 12.6. The Balaban J connectivity index is 2.78. The van der Waals surface area contributed by atoms with Crippen LogP contribution in [0.4, 0.5) is 0 Å². The Hall–Kier alpha value is 0.0900. The summed E-state index contributed by atoms with van der Waals surface area (Å²) < 4.78 is 6.64. The van der Waals surface area contributed by atoms with Crippen LogP contribution in [0.1, 0.15) is 17.8 Å². The zero-order chi connectivity index (χ0) is 10.7. The molecule has 0 aromatic carbocycles. The van der Waals surface area contributed by atoms with Crippen molar-refractivity contribution in [3.63, 3.8) is 0 Å². The highest BCUT2D eigenvalue weighted by Gasteiger charge is 2.20. The second-order valence-corrected chi connectivity index (χ2v) is 5.76. The highest BCUT2D eigenvalue weighted by molar-refractivity contribution is 9.13. The topological polar surface area (TPSA) is 52.3 Å². The van der Waals surface area contributed by atoms with Crippen molar-refractivity contribution in [3.8, 4) is 0 Å². The Bertz CT molecular complexity index is 321. The summed E-state index contributed by atoms with van der Waals surface area (Å²) in [6.45, 7) is 2.10. The number of halogens is 2. The van der Waals surface area contributed by atoms with Crippen LogP contribution >= 0.6 is 43.2 Å². The second kappa shape index (κ2) is 5.25. The number of carbonyl (C=O) groups is 1. The number of rotatable bonds is 3. The van der Waals surface area contributed by atoms with Gasteiger partial charge >= 0.3 is 5.97 Å². The lowest BCUT2D eigenvalue weighted by Gasteiger charge is -2.07. The number of ether oxygens (including phenoxy) is 1. The van der Waals surface area contributed by atoms with E-state index in [1.807, 2.05) is 6.07 Å². The van der Waals surface area contributed by atoms with Crippen molar-refractivity contribution in [2.45, 2.75) is 13.0 Å². The monoisotopic (exact) mass is 341 g/mol. The molecule has 0 bridgehead atoms. The van der Waals surface area contributed by atoms with Gasteiger partial charge in [0, 0.05) is 9.35 Å². The number of carbonyl (C=O) groups excluding carboxylic acids is 1. The Kier molecular flexibility index (Phi) is 4.56. The largest absolute Gasteiger partial charge is 0.465 e. The van der Waals surface area contributed by atoms with Gasteiger partial charge in [-0.25, -0.2) is 4.79 Å². The minimum atomic E-state index is -0.692. The molecular formula is C8H9Br2NO2S. The third-order valence-electron chi connectivity index (χ3n) is 1.51. The molecule has 0 aliphatic carbocycles. The van der Waals surface area contributed by atoms with Crippen molar-refractivity contribution < 1.29 is 9.53 Å². The second-order valence-electron chi connectivity index (χ2n) is 2.50. The first-order chi connectivity index (χ1) is 6.56. The standard InChI is InChI=1S/C8H9Br2NO2S/c1-2-13-8(12)6(11)5-3-4(9)7(10)14-5/h3,6H,2,11H2,1H3. The molecule has 0 amide bonds. The fourth-order valence-electron chi connectivity index (χ4n) is 0.865. The van der Waals surface area contributed by atoms with Crippen LogP contribution in [0, 0.1) is 0 Å². The fourth-order valence-corrected chi connectivity index (χ4v) is 2.94. The van der Waals surface area contributed by atoms with Crippen molar-refractivity contribution in [3.05, 3.63) is 19.2 Å². The zero-order valence-electron chi connectivity index (χ0n) is 7.42. The summed E-state index contributed by atoms with van der Waals surface area (Å²) in [4.78, 5) is 12.1. The molecule has 0 radical (unpaired) electrons. The van der Waals surface area contributed by atoms with Gasteiger partial charge in [0.05, 0.1) is 10.4 Å². The molecule has 0 fully saturated rings. The lowest BCUT2D eigenvalue weighted by molar-refractivity contribution is -0.144. The van der Waals surface area contributed by atoms with Crippen molar-refractivity contribution in [2.24, 2.45) is 5.73 Å². The van der Waals surface area contributed by atoms with Gasteiger partial charge in [0.25, 0.3) is 0 Å². The van der Waals surface area contributed by atoms with Crippen LogP contribution in [-0.4, -0.2) is 12.6 Å². The quantitative estimate of drug-likeness (QED) is 0.859. The van der Waals surface area contributed by atoms with Crippen LogP contribution in [0.5, 0.6) is 0 Å². The molecule has 0 saturated carbocycles. The minimum Gasteiger partial charge on any atom is -0.465 e. The predicted molar refractivity (Wildman–Crippen MR) is 63.3 cm³/mol. The smallest absolute Gasteiger partial charge is 0.328 e. The Morgan fingerprint density at radius 2 is 2.36 bits per heavy atom. The van der Waals surface area contributed by atoms with E-state index in [-0.39, 0.29) is 0 Å². The van der Waals surface area contributed by atoms with E-state index in [4.69, 9.17) is 10.5 Å². The average Bonchev–Trinajstić information content (AvgIpc) is 2.46. The van der Waals surface area contributed by atoms with Gasteiger partial charge in [0.1, 0.15) is 6.04 Å². The highest BCUT2D eigenvalue weighted by atomic mass is 79.9. The van der Waals surface area contributed by atoms with Gasteiger partial charge in [-0.2, -0.15) is 0 Å². The van der Waals surface area contributed by atoms with Gasteiger partial charge in [-0.3, -0.25) is 0 Å². The highest BCUT2D eigenvalue weighted by Crippen LogP contribution is 2.35. The number of hydrogen-bond donors (Lipinski definition) is 1. The Morgan fingerprint density at radius 1 is 1.71 bits per heavy atom. The molecule has 1 aromatic rings. The molecule has 78 valence electrons. The van der Waals surface area contributed by atoms with Crippen LogP contribution in [0.2, 0.25) is 0 Å². The number of hydrogen-bond acceptors (Lipinski definition) is 4. The summed E-state index contributed by atoms with van der Waals surface area (Å²) in [6, 6.07) is 1.12. The van der Waals surface area contributed by atoms with Crippen LogP contribution in [-0.2, 0) is 9.53 Å². The van der Waals surface area contributed by atoms with Crippen molar-refractivity contribution in [1.29, 1.82) is 0 Å². The van der Waals surface area contributed by atoms with Crippen LogP contribution in [0.15, 0.2) is 14.3 Å². The summed E-state index contributed by atoms with van der Waals surface area (Å²) in [5.74, 6) is -0.395. The van der Waals surface area contributed by atoms with Gasteiger partial charge in [-0.15, -0.1) is 11.3 Å². The van der Waals surface area contributed by atoms with E-state index >= 15 is 0 Å². The van der Waals surface area contributed by atoms with E-state index < -0.39 is 12.0 Å². The molecule has 6 heteroatoms. The average molecular weight is 343 g/mol. The van der Waals surface area contributed by atoms with Crippen LogP contribution in [0.3, 0.4) is 0 Å². The van der Waals surface area contributed by atoms with E-state index in [0.29, 0.717) is 6.61 Å². The molecule has 3 nitrogen and oxygen atoms in total. The third kappa shape index (κ3) is 2.79. The number of thiophene rings is 1. The van der Waals surface area contributed by atoms with Gasteiger partial charge in [-0.1, -0.05) is 0 Å². The zero-order valence-corrected chi connectivity index (χ0v) is 11.4. The van der Waals surface area contributed by atoms with E-state index in [0.717, 1.165) is 13.1 Å². The van der Waals surface area contributed by atoms with E-state index in [1.165, 1.54) is 11.3 Å². The molecule has 1 rings (SSSR count). The van der Waals surface area contributed by atoms with Gasteiger partial charge in [0.2, 0.25) is 0 Å². The van der Waals surface area contributed by atoms with E-state index in [2.05, 4.69) is 31.9 Å². The van der Waals surface area contributed by atoms with E-state index in [9.17, 15) is 4.79 Å². The summed E-state index contributed by atoms with van der Waals surface area (Å²) >= 11 is 8.09. The van der Waals surface area contributed by atoms with Crippen molar-refractivity contribution in [2.75, 3.05) is 6.61 Å². The van der Waals surface area contributed by atoms with Crippen LogP contribution < -0.4 is 5.73 Å². The molecule has 2 N–H and O–H groups in total. The minimum absolute atomic E-state index is 0.347. The fraction of sp³-hybridized carbons (Fsp3) is 0.375. The first-order valence-electron chi connectivity index (χ1n) is 3.93. The molecule has 1 atom stereocenters. The van der Waals surface area contributed by atoms with Gasteiger partial charge < -0.3 is 10.5 Å². The maximum absolute atomic E-state index is 11.3. The summed E-state index contributed by atoms with van der Waals surface area (Å²) in [5, 5.41) is 0. The number of nitrogens with two attached hydrogens (primary N) is 1. The molecule has 1 unspecified atom stereocenters. The molecule has 0 aliphatic heterocycles. The number of esters is 1. The predicted octanol–water partition coefficient (Wildman–Crippen LogP) is 2.84. The van der Waals surface area contributed by atoms with Gasteiger partial charge in [-0.05, 0) is 44.8 Å². The SMILES string of the molecule is CCOC(=O)C(N)c1cc(Br)c(Br)s1. The molecule has 14 heavy (non-hydrogen) atoms. The Labute approximate surface area is 103 Å². The lowest BCUT2D eigenvalue weighted by atomic mass is 10.2. The summed E-state index contributed by atoms with van der Waals surface area (Å²) in [6.07, 6.45) is 0. The van der Waals surface area contributed by atoms with Gasteiger partial charge in [0.15, 0.2) is 0 Å². The first-order valence-corrected chi connectivity index (χ1v) is 6.33. The summed E-state index contributed by atoms with van der Waals surface area (Å²) in [7, 11) is 0. The van der Waals surface area contributed by atoms with Crippen molar-refractivity contribution >= 4 is 49.2 Å². The first kappa shape index (κ1) is 12.2. The molecular weight excluding hydrogens is 334 g/mol. The molecule has 0 spiro atoms. The third-order valence-corrected chi connectivity index (χ3v) is 4.85. The van der Waals surface area contributed by atoms with Crippen LogP contribution in [0.25, 0.3) is 0 Å². The Morgan fingerprint density at radius 3 is 2.79 bits per heavy atom. The maximum Gasteiger partial charge on any atom is 0.328 e. The molecule has 1 aromatic heterocycles. The molecule has 0 aliphatic rings. The summed E-state index contributed by atoms with van der Waals surface area (Å²) in [5.41, 5.74) is 5.70. The maximum atomic E-state index is 11.3. The van der Waals surface area contributed by atoms with Crippen molar-refractivity contribution in [1.82, 2.24) is 0 Å². The van der Waals surface area contributed by atoms with E-state index in [1.54, 1.807) is 6.92 Å². The molecule has 1 heterocycles. The lowest BCUT2D eigenvalue weighted by Crippen LogP contribution is -2.22.